The van der Waals surface area contributed by atoms with E-state index in [9.17, 15) is 0 Å². The van der Waals surface area contributed by atoms with Crippen LogP contribution in [-0.2, 0) is 0 Å². The fourth-order valence-electron chi connectivity index (χ4n) is 1.79. The van der Waals surface area contributed by atoms with Crippen molar-refractivity contribution in [2.24, 2.45) is 0 Å². The summed E-state index contributed by atoms with van der Waals surface area (Å²) in [7, 11) is 0. The second-order valence-electron chi connectivity index (χ2n) is 4.16. The number of alkyl halides is 2. The first-order valence-corrected chi connectivity index (χ1v) is 8.40. The molecule has 3 heteroatoms. The number of allylic oxidation sites excluding steroid dienone is 1. The van der Waals surface area contributed by atoms with Gasteiger partial charge in [-0.3, -0.25) is 0 Å². The predicted molar refractivity (Wildman–Crippen MR) is 79.1 cm³/mol. The fraction of sp³-hybridized carbons (Fsp3) is 0.833. The predicted octanol–water partition coefficient (Wildman–Crippen LogP) is 5.85. The normalized spacial score (nSPS) is 23.5. The third kappa shape index (κ3) is 5.27. The van der Waals surface area contributed by atoms with Crippen LogP contribution in [0, 0.1) is 0 Å². The number of halogens is 2. The van der Waals surface area contributed by atoms with E-state index in [4.69, 9.17) is 0 Å². The summed E-state index contributed by atoms with van der Waals surface area (Å²) in [6.07, 6.45) is 11.8. The Balaban J connectivity index is 2.01. The molecule has 1 aliphatic rings. The summed E-state index contributed by atoms with van der Waals surface area (Å²) >= 11 is 9.37. The Kier molecular flexibility index (Phi) is 6.95. The van der Waals surface area contributed by atoms with Gasteiger partial charge in [0.25, 0.3) is 0 Å². The molecule has 0 saturated carbocycles. The van der Waals surface area contributed by atoms with E-state index < -0.39 is 0 Å². The first kappa shape index (κ1) is 14.1. The van der Waals surface area contributed by atoms with Gasteiger partial charge in [0, 0.05) is 5.25 Å². The maximum absolute atomic E-state index is 3.71. The molecule has 0 aromatic heterocycles. The van der Waals surface area contributed by atoms with Gasteiger partial charge in [0.2, 0.25) is 0 Å². The van der Waals surface area contributed by atoms with E-state index in [-0.39, 0.29) is 3.23 Å². The van der Waals surface area contributed by atoms with Crippen LogP contribution in [0.15, 0.2) is 11.5 Å². The molecule has 0 N–H and O–H groups in total. The molecule has 15 heavy (non-hydrogen) atoms. The van der Waals surface area contributed by atoms with Crippen LogP contribution < -0.4 is 0 Å². The second-order valence-corrected chi connectivity index (χ2v) is 8.96. The van der Waals surface area contributed by atoms with Crippen LogP contribution >= 0.6 is 43.6 Å². The molecule has 0 aromatic carbocycles. The van der Waals surface area contributed by atoms with Crippen LogP contribution in [0.2, 0.25) is 0 Å². The van der Waals surface area contributed by atoms with Gasteiger partial charge in [0.15, 0.2) is 0 Å². The van der Waals surface area contributed by atoms with Gasteiger partial charge in [-0.25, -0.2) is 0 Å². The van der Waals surface area contributed by atoms with Crippen molar-refractivity contribution in [3.8, 4) is 0 Å². The topological polar surface area (TPSA) is 0 Å². The summed E-state index contributed by atoms with van der Waals surface area (Å²) in [6.45, 7) is 2.27. The Bertz CT molecular complexity index is 202. The smallest absolute Gasteiger partial charge is 0.111 e. The van der Waals surface area contributed by atoms with Crippen molar-refractivity contribution in [2.45, 2.75) is 60.4 Å². The van der Waals surface area contributed by atoms with E-state index >= 15 is 0 Å². The lowest BCUT2D eigenvalue weighted by Gasteiger charge is -2.21. The zero-order valence-electron chi connectivity index (χ0n) is 9.35. The second kappa shape index (κ2) is 7.39. The number of hydrogen-bond acceptors (Lipinski definition) is 1. The molecule has 0 saturated heterocycles. The maximum atomic E-state index is 3.71. The van der Waals surface area contributed by atoms with Gasteiger partial charge in [0.05, 0.1) is 0 Å². The summed E-state index contributed by atoms with van der Waals surface area (Å²) < 4.78 is 0.0636. The largest absolute Gasteiger partial charge is 0.128 e. The van der Waals surface area contributed by atoms with E-state index in [2.05, 4.69) is 50.3 Å². The molecule has 1 atom stereocenters. The molecule has 0 aromatic rings. The zero-order valence-corrected chi connectivity index (χ0v) is 13.3. The lowest BCUT2D eigenvalue weighted by Crippen LogP contribution is -2.20. The zero-order chi connectivity index (χ0) is 11.1. The van der Waals surface area contributed by atoms with Crippen molar-refractivity contribution < 1.29 is 0 Å². The number of rotatable bonds is 7. The Morgan fingerprint density at radius 3 is 2.40 bits per heavy atom. The standard InChI is InChI=1S/C12H20Br2S/c1-2-3-4-5-6-7-8-11-12(13,14)9-10-15-11/h9-11H,2-8H2,1H3. The molecule has 0 amide bonds. The summed E-state index contributed by atoms with van der Waals surface area (Å²) in [5, 5.41) is 2.87. The van der Waals surface area contributed by atoms with Crippen LogP contribution in [0.4, 0.5) is 0 Å². The van der Waals surface area contributed by atoms with E-state index in [0.29, 0.717) is 5.25 Å². The average molecular weight is 356 g/mol. The van der Waals surface area contributed by atoms with Crippen molar-refractivity contribution in [3.63, 3.8) is 0 Å². The molecule has 1 heterocycles. The minimum absolute atomic E-state index is 0.0636. The van der Waals surface area contributed by atoms with Crippen LogP contribution in [0.3, 0.4) is 0 Å². The average Bonchev–Trinajstić information content (AvgIpc) is 2.52. The monoisotopic (exact) mass is 354 g/mol. The molecule has 0 bridgehead atoms. The highest BCUT2D eigenvalue weighted by atomic mass is 79.9. The van der Waals surface area contributed by atoms with Crippen molar-refractivity contribution in [1.29, 1.82) is 0 Å². The molecular formula is C12H20Br2S. The summed E-state index contributed by atoms with van der Waals surface area (Å²) in [6, 6.07) is 0. The molecule has 0 aliphatic carbocycles. The van der Waals surface area contributed by atoms with Crippen LogP contribution in [0.1, 0.15) is 51.9 Å². The maximum Gasteiger partial charge on any atom is 0.111 e. The number of hydrogen-bond donors (Lipinski definition) is 0. The van der Waals surface area contributed by atoms with E-state index in [1.807, 2.05) is 11.8 Å². The minimum Gasteiger partial charge on any atom is -0.128 e. The molecule has 0 radical (unpaired) electrons. The summed E-state index contributed by atoms with van der Waals surface area (Å²) in [4.78, 5) is 0. The van der Waals surface area contributed by atoms with E-state index in [1.54, 1.807) is 0 Å². The van der Waals surface area contributed by atoms with Gasteiger partial charge in [-0.2, -0.15) is 0 Å². The van der Waals surface area contributed by atoms with E-state index in [1.165, 1.54) is 44.9 Å². The molecule has 1 aliphatic heterocycles. The van der Waals surface area contributed by atoms with Crippen molar-refractivity contribution in [1.82, 2.24) is 0 Å². The third-order valence-corrected chi connectivity index (χ3v) is 6.25. The quantitative estimate of drug-likeness (QED) is 0.407. The van der Waals surface area contributed by atoms with E-state index in [0.717, 1.165) is 0 Å². The fourth-order valence-corrected chi connectivity index (χ4v) is 4.56. The Labute approximate surface area is 115 Å². The van der Waals surface area contributed by atoms with Gasteiger partial charge in [-0.05, 0) is 17.9 Å². The van der Waals surface area contributed by atoms with Crippen molar-refractivity contribution in [2.75, 3.05) is 0 Å². The van der Waals surface area contributed by atoms with Crippen LogP contribution in [0.25, 0.3) is 0 Å². The first-order valence-electron chi connectivity index (χ1n) is 5.88. The van der Waals surface area contributed by atoms with Gasteiger partial charge >= 0.3 is 0 Å². The number of unbranched alkanes of at least 4 members (excludes halogenated alkanes) is 5. The molecule has 0 fully saturated rings. The summed E-state index contributed by atoms with van der Waals surface area (Å²) in [5.41, 5.74) is 0. The minimum atomic E-state index is 0.0636. The lowest BCUT2D eigenvalue weighted by molar-refractivity contribution is 0.583. The third-order valence-electron chi connectivity index (χ3n) is 2.78. The van der Waals surface area contributed by atoms with Crippen molar-refractivity contribution in [3.05, 3.63) is 11.5 Å². The highest BCUT2D eigenvalue weighted by Gasteiger charge is 2.34. The molecular weight excluding hydrogens is 336 g/mol. The first-order chi connectivity index (χ1) is 7.17. The SMILES string of the molecule is CCCCCCCCC1SC=CC1(Br)Br. The molecule has 88 valence electrons. The number of thioether (sulfide) groups is 1. The lowest BCUT2D eigenvalue weighted by atomic mass is 10.1. The highest BCUT2D eigenvalue weighted by Crippen LogP contribution is 2.46. The van der Waals surface area contributed by atoms with Gasteiger partial charge in [0.1, 0.15) is 3.23 Å². The van der Waals surface area contributed by atoms with Gasteiger partial charge in [-0.1, -0.05) is 77.3 Å². The van der Waals surface area contributed by atoms with Crippen LogP contribution in [-0.4, -0.2) is 8.48 Å². The van der Waals surface area contributed by atoms with Gasteiger partial charge < -0.3 is 0 Å². The molecule has 0 spiro atoms. The highest BCUT2D eigenvalue weighted by molar-refractivity contribution is 9.25. The molecule has 0 nitrogen and oxygen atoms in total. The van der Waals surface area contributed by atoms with Crippen molar-refractivity contribution >= 4 is 43.6 Å². The Morgan fingerprint density at radius 1 is 1.13 bits per heavy atom. The molecule has 1 unspecified atom stereocenters. The molecule has 1 rings (SSSR count). The van der Waals surface area contributed by atoms with Gasteiger partial charge in [-0.15, -0.1) is 11.8 Å². The van der Waals surface area contributed by atoms with Crippen LogP contribution in [0.5, 0.6) is 0 Å². The summed E-state index contributed by atoms with van der Waals surface area (Å²) in [5.74, 6) is 0. The Morgan fingerprint density at radius 2 is 1.80 bits per heavy atom. The Hall–Kier alpha value is 1.05.